The first kappa shape index (κ1) is 12.6. The quantitative estimate of drug-likeness (QED) is 0.880. The molecule has 1 aromatic carbocycles. The van der Waals surface area contributed by atoms with Crippen LogP contribution in [0.1, 0.15) is 18.2 Å². The molecule has 96 valence electrons. The summed E-state index contributed by atoms with van der Waals surface area (Å²) in [4.78, 5) is 4.40. The average Bonchev–Trinajstić information content (AvgIpc) is 2.81. The molecule has 0 unspecified atom stereocenters. The molecule has 0 aliphatic rings. The molecule has 0 amide bonds. The van der Waals surface area contributed by atoms with Gasteiger partial charge in [-0.15, -0.1) is 0 Å². The molecule has 0 saturated carbocycles. The average molecular weight is 246 g/mol. The van der Waals surface area contributed by atoms with Gasteiger partial charge in [-0.05, 0) is 44.2 Å². The van der Waals surface area contributed by atoms with Gasteiger partial charge in [-0.1, -0.05) is 0 Å². The molecule has 0 bridgehead atoms. The smallest absolute Gasteiger partial charge is 0.226 e. The SMILES string of the molecule is CCOc1ccc(-c2nc(CCN)co2)cc1C. The predicted octanol–water partition coefficient (Wildman–Crippen LogP) is 2.55. The highest BCUT2D eigenvalue weighted by Crippen LogP contribution is 2.25. The molecule has 0 aliphatic heterocycles. The van der Waals surface area contributed by atoms with Crippen molar-refractivity contribution in [2.45, 2.75) is 20.3 Å². The van der Waals surface area contributed by atoms with Gasteiger partial charge < -0.3 is 14.9 Å². The largest absolute Gasteiger partial charge is 0.494 e. The van der Waals surface area contributed by atoms with Crippen LogP contribution in [0.15, 0.2) is 28.9 Å². The normalized spacial score (nSPS) is 10.6. The highest BCUT2D eigenvalue weighted by molar-refractivity contribution is 5.57. The molecule has 0 spiro atoms. The maximum atomic E-state index is 5.50. The number of hydrogen-bond donors (Lipinski definition) is 1. The van der Waals surface area contributed by atoms with Crippen LogP contribution in [0.2, 0.25) is 0 Å². The summed E-state index contributed by atoms with van der Waals surface area (Å²) in [5.74, 6) is 1.53. The van der Waals surface area contributed by atoms with Crippen molar-refractivity contribution >= 4 is 0 Å². The predicted molar refractivity (Wildman–Crippen MR) is 70.6 cm³/mol. The lowest BCUT2D eigenvalue weighted by molar-refractivity contribution is 0.338. The molecule has 2 N–H and O–H groups in total. The Bertz CT molecular complexity index is 520. The van der Waals surface area contributed by atoms with Gasteiger partial charge in [-0.2, -0.15) is 0 Å². The van der Waals surface area contributed by atoms with Gasteiger partial charge in [0.1, 0.15) is 12.0 Å². The number of oxazole rings is 1. The highest BCUT2D eigenvalue weighted by atomic mass is 16.5. The van der Waals surface area contributed by atoms with Gasteiger partial charge in [-0.3, -0.25) is 0 Å². The number of nitrogens with two attached hydrogens (primary N) is 1. The third-order valence-electron chi connectivity index (χ3n) is 2.67. The minimum atomic E-state index is 0.578. The van der Waals surface area contributed by atoms with Crippen LogP contribution < -0.4 is 10.5 Å². The van der Waals surface area contributed by atoms with Crippen LogP contribution in [0, 0.1) is 6.92 Å². The first-order valence-electron chi connectivity index (χ1n) is 6.13. The Morgan fingerprint density at radius 1 is 1.39 bits per heavy atom. The van der Waals surface area contributed by atoms with E-state index in [4.69, 9.17) is 14.9 Å². The zero-order chi connectivity index (χ0) is 13.0. The Morgan fingerprint density at radius 3 is 2.89 bits per heavy atom. The molecule has 0 aliphatic carbocycles. The Morgan fingerprint density at radius 2 is 2.22 bits per heavy atom. The summed E-state index contributed by atoms with van der Waals surface area (Å²) in [5, 5.41) is 0. The van der Waals surface area contributed by atoms with Crippen LogP contribution >= 0.6 is 0 Å². The third-order valence-corrected chi connectivity index (χ3v) is 2.67. The van der Waals surface area contributed by atoms with Gasteiger partial charge in [-0.25, -0.2) is 4.98 Å². The Hall–Kier alpha value is -1.81. The van der Waals surface area contributed by atoms with Crippen LogP contribution in [0.5, 0.6) is 5.75 Å². The van der Waals surface area contributed by atoms with E-state index in [1.54, 1.807) is 6.26 Å². The van der Waals surface area contributed by atoms with Crippen LogP contribution in [0.3, 0.4) is 0 Å². The molecule has 1 aromatic heterocycles. The van der Waals surface area contributed by atoms with E-state index < -0.39 is 0 Å². The van der Waals surface area contributed by atoms with Gasteiger partial charge in [0.25, 0.3) is 0 Å². The number of hydrogen-bond acceptors (Lipinski definition) is 4. The van der Waals surface area contributed by atoms with Crippen molar-refractivity contribution in [2.75, 3.05) is 13.2 Å². The third kappa shape index (κ3) is 2.71. The van der Waals surface area contributed by atoms with Crippen molar-refractivity contribution in [1.29, 1.82) is 0 Å². The molecule has 2 rings (SSSR count). The standard InChI is InChI=1S/C14H18N2O2/c1-3-17-13-5-4-11(8-10(13)2)14-16-12(6-7-15)9-18-14/h4-5,8-9H,3,6-7,15H2,1-2H3. The Kier molecular flexibility index (Phi) is 3.99. The maximum absolute atomic E-state index is 5.50. The van der Waals surface area contributed by atoms with E-state index in [1.165, 1.54) is 0 Å². The van der Waals surface area contributed by atoms with Crippen molar-refractivity contribution in [3.05, 3.63) is 35.7 Å². The second-order valence-electron chi connectivity index (χ2n) is 4.10. The molecule has 2 aromatic rings. The van der Waals surface area contributed by atoms with E-state index in [1.807, 2.05) is 32.0 Å². The first-order chi connectivity index (χ1) is 8.74. The zero-order valence-electron chi connectivity index (χ0n) is 10.8. The van der Waals surface area contributed by atoms with E-state index in [2.05, 4.69) is 4.98 Å². The van der Waals surface area contributed by atoms with Gasteiger partial charge in [0.2, 0.25) is 5.89 Å². The van der Waals surface area contributed by atoms with Crippen molar-refractivity contribution in [3.8, 4) is 17.2 Å². The van der Waals surface area contributed by atoms with E-state index in [0.717, 1.165) is 29.0 Å². The number of benzene rings is 1. The van der Waals surface area contributed by atoms with Crippen molar-refractivity contribution < 1.29 is 9.15 Å². The second-order valence-corrected chi connectivity index (χ2v) is 4.10. The number of ether oxygens (including phenoxy) is 1. The topological polar surface area (TPSA) is 61.3 Å². The van der Waals surface area contributed by atoms with Crippen LogP contribution in [-0.4, -0.2) is 18.1 Å². The molecule has 4 nitrogen and oxygen atoms in total. The summed E-state index contributed by atoms with van der Waals surface area (Å²) in [6, 6.07) is 5.92. The number of nitrogens with zero attached hydrogens (tertiary/aromatic N) is 1. The molecule has 4 heteroatoms. The minimum Gasteiger partial charge on any atom is -0.494 e. The highest BCUT2D eigenvalue weighted by Gasteiger charge is 2.08. The summed E-state index contributed by atoms with van der Waals surface area (Å²) < 4.78 is 11.0. The van der Waals surface area contributed by atoms with Crippen LogP contribution in [0.25, 0.3) is 11.5 Å². The van der Waals surface area contributed by atoms with E-state index in [9.17, 15) is 0 Å². The molecular weight excluding hydrogens is 228 g/mol. The molecule has 0 saturated heterocycles. The minimum absolute atomic E-state index is 0.578. The molecular formula is C14H18N2O2. The Balaban J connectivity index is 2.24. The van der Waals surface area contributed by atoms with Gasteiger partial charge in [0, 0.05) is 12.0 Å². The summed E-state index contributed by atoms with van der Waals surface area (Å²) >= 11 is 0. The van der Waals surface area contributed by atoms with Gasteiger partial charge in [0.05, 0.1) is 12.3 Å². The lowest BCUT2D eigenvalue weighted by atomic mass is 10.1. The fourth-order valence-electron chi connectivity index (χ4n) is 1.80. The van der Waals surface area contributed by atoms with Crippen molar-refractivity contribution in [3.63, 3.8) is 0 Å². The number of rotatable bonds is 5. The summed E-state index contributed by atoms with van der Waals surface area (Å²) in [6.07, 6.45) is 2.40. The van der Waals surface area contributed by atoms with Crippen molar-refractivity contribution in [2.24, 2.45) is 5.73 Å². The van der Waals surface area contributed by atoms with E-state index in [-0.39, 0.29) is 0 Å². The fraction of sp³-hybridized carbons (Fsp3) is 0.357. The lowest BCUT2D eigenvalue weighted by Crippen LogP contribution is -2.02. The lowest BCUT2D eigenvalue weighted by Gasteiger charge is -2.07. The summed E-state index contributed by atoms with van der Waals surface area (Å²) in [5.41, 5.74) is 8.41. The molecule has 0 atom stereocenters. The second kappa shape index (κ2) is 5.69. The molecule has 0 fully saturated rings. The molecule has 1 heterocycles. The Labute approximate surface area is 107 Å². The number of aryl methyl sites for hydroxylation is 1. The number of aromatic nitrogens is 1. The fourth-order valence-corrected chi connectivity index (χ4v) is 1.80. The molecule has 0 radical (unpaired) electrons. The maximum Gasteiger partial charge on any atom is 0.226 e. The summed E-state index contributed by atoms with van der Waals surface area (Å²) in [7, 11) is 0. The molecule has 18 heavy (non-hydrogen) atoms. The van der Waals surface area contributed by atoms with Gasteiger partial charge in [0.15, 0.2) is 0 Å². The van der Waals surface area contributed by atoms with Crippen LogP contribution in [0.4, 0.5) is 0 Å². The van der Waals surface area contributed by atoms with Crippen LogP contribution in [-0.2, 0) is 6.42 Å². The monoisotopic (exact) mass is 246 g/mol. The van der Waals surface area contributed by atoms with E-state index >= 15 is 0 Å². The summed E-state index contributed by atoms with van der Waals surface area (Å²) in [6.45, 7) is 5.23. The first-order valence-corrected chi connectivity index (χ1v) is 6.13. The zero-order valence-corrected chi connectivity index (χ0v) is 10.8. The van der Waals surface area contributed by atoms with E-state index in [0.29, 0.717) is 19.0 Å². The van der Waals surface area contributed by atoms with Crippen molar-refractivity contribution in [1.82, 2.24) is 4.98 Å². The van der Waals surface area contributed by atoms with Gasteiger partial charge >= 0.3 is 0 Å².